The maximum absolute atomic E-state index is 11.9. The fourth-order valence-corrected chi connectivity index (χ4v) is 6.07. The number of para-hydroxylation sites is 1. The summed E-state index contributed by atoms with van der Waals surface area (Å²) in [5, 5.41) is 12.5. The Morgan fingerprint density at radius 1 is 1.36 bits per heavy atom. The summed E-state index contributed by atoms with van der Waals surface area (Å²) in [5.41, 5.74) is 1.60. The molecule has 2 aromatic rings. The van der Waals surface area contributed by atoms with Crippen LogP contribution in [0.1, 0.15) is 27.2 Å². The van der Waals surface area contributed by atoms with Crippen molar-refractivity contribution in [2.45, 2.75) is 32.0 Å². The SMILES string of the molecule is Cc1ccsc1CN(CC(O)COc1ccccc1C=O)C1CCS(=O)(=O)C1. The van der Waals surface area contributed by atoms with Crippen LogP contribution in [0.4, 0.5) is 0 Å². The Balaban J connectivity index is 1.66. The summed E-state index contributed by atoms with van der Waals surface area (Å²) in [6, 6.07) is 8.79. The lowest BCUT2D eigenvalue weighted by molar-refractivity contribution is 0.0525. The van der Waals surface area contributed by atoms with Crippen molar-refractivity contribution in [2.24, 2.45) is 0 Å². The van der Waals surface area contributed by atoms with Crippen molar-refractivity contribution in [3.63, 3.8) is 0 Å². The molecule has 1 N–H and O–H groups in total. The molecule has 1 aromatic heterocycles. The van der Waals surface area contributed by atoms with Gasteiger partial charge in [-0.1, -0.05) is 12.1 Å². The Morgan fingerprint density at radius 2 is 2.14 bits per heavy atom. The third kappa shape index (κ3) is 5.41. The fourth-order valence-electron chi connectivity index (χ4n) is 3.38. The Kier molecular flexibility index (Phi) is 6.87. The van der Waals surface area contributed by atoms with Gasteiger partial charge in [-0.2, -0.15) is 0 Å². The predicted molar refractivity (Wildman–Crippen MR) is 110 cm³/mol. The lowest BCUT2D eigenvalue weighted by Gasteiger charge is -2.30. The van der Waals surface area contributed by atoms with Crippen molar-refractivity contribution in [3.05, 3.63) is 51.7 Å². The van der Waals surface area contributed by atoms with Crippen LogP contribution in [0.5, 0.6) is 5.75 Å². The quantitative estimate of drug-likeness (QED) is 0.623. The van der Waals surface area contributed by atoms with E-state index in [0.717, 1.165) is 6.29 Å². The number of nitrogens with zero attached hydrogens (tertiary/aromatic N) is 1. The monoisotopic (exact) mass is 423 g/mol. The minimum absolute atomic E-state index is 0.0320. The first-order valence-corrected chi connectivity index (χ1v) is 11.9. The average Bonchev–Trinajstić information content (AvgIpc) is 3.24. The molecule has 1 aromatic carbocycles. The van der Waals surface area contributed by atoms with Crippen LogP contribution in [0.2, 0.25) is 0 Å². The van der Waals surface area contributed by atoms with Gasteiger partial charge in [0.15, 0.2) is 16.1 Å². The number of sulfone groups is 1. The number of hydrogen-bond acceptors (Lipinski definition) is 7. The first kappa shape index (κ1) is 21.0. The number of aliphatic hydroxyl groups excluding tert-OH is 1. The number of carbonyl (C=O) groups is 1. The summed E-state index contributed by atoms with van der Waals surface area (Å²) in [6.45, 7) is 2.97. The van der Waals surface area contributed by atoms with E-state index in [4.69, 9.17) is 4.74 Å². The standard InChI is InChI=1S/C20H25NO5S2/c1-15-6-8-27-20(15)11-21(17-7-9-28(24,25)14-17)10-18(23)13-26-19-5-3-2-4-16(19)12-22/h2-6,8,12,17-18,23H,7,9-11,13-14H2,1H3. The Bertz CT molecular complexity index is 909. The fraction of sp³-hybridized carbons (Fsp3) is 0.450. The van der Waals surface area contributed by atoms with Crippen molar-refractivity contribution >= 4 is 27.5 Å². The molecule has 0 radical (unpaired) electrons. The molecule has 0 saturated carbocycles. The third-order valence-corrected chi connectivity index (χ3v) is 7.72. The van der Waals surface area contributed by atoms with Crippen LogP contribution in [0.15, 0.2) is 35.7 Å². The zero-order valence-electron chi connectivity index (χ0n) is 15.8. The summed E-state index contributed by atoms with van der Waals surface area (Å²) in [7, 11) is -3.02. The van der Waals surface area contributed by atoms with Gasteiger partial charge in [0, 0.05) is 24.0 Å². The van der Waals surface area contributed by atoms with Crippen LogP contribution < -0.4 is 4.74 Å². The lowest BCUT2D eigenvalue weighted by Crippen LogP contribution is -2.42. The Labute approximate surface area is 169 Å². The van der Waals surface area contributed by atoms with Gasteiger partial charge < -0.3 is 9.84 Å². The van der Waals surface area contributed by atoms with Gasteiger partial charge in [-0.15, -0.1) is 11.3 Å². The first-order chi connectivity index (χ1) is 13.4. The van der Waals surface area contributed by atoms with Crippen molar-refractivity contribution in [2.75, 3.05) is 24.7 Å². The van der Waals surface area contributed by atoms with Crippen LogP contribution in [-0.2, 0) is 16.4 Å². The Morgan fingerprint density at radius 3 is 2.79 bits per heavy atom. The molecule has 2 unspecified atom stereocenters. The van der Waals surface area contributed by atoms with Gasteiger partial charge in [0.2, 0.25) is 0 Å². The van der Waals surface area contributed by atoms with E-state index in [-0.39, 0.29) is 24.2 Å². The van der Waals surface area contributed by atoms with E-state index in [2.05, 4.69) is 0 Å². The second-order valence-electron chi connectivity index (χ2n) is 7.13. The molecule has 28 heavy (non-hydrogen) atoms. The molecular weight excluding hydrogens is 398 g/mol. The molecule has 1 saturated heterocycles. The summed E-state index contributed by atoms with van der Waals surface area (Å²) in [4.78, 5) is 14.3. The highest BCUT2D eigenvalue weighted by molar-refractivity contribution is 7.91. The number of ether oxygens (including phenoxy) is 1. The number of aldehydes is 1. The lowest BCUT2D eigenvalue weighted by atomic mass is 10.1. The zero-order valence-corrected chi connectivity index (χ0v) is 17.4. The maximum atomic E-state index is 11.9. The molecule has 2 heterocycles. The smallest absolute Gasteiger partial charge is 0.153 e. The van der Waals surface area contributed by atoms with Gasteiger partial charge in [-0.05, 0) is 42.5 Å². The molecule has 8 heteroatoms. The highest BCUT2D eigenvalue weighted by atomic mass is 32.2. The minimum Gasteiger partial charge on any atom is -0.490 e. The van der Waals surface area contributed by atoms with Gasteiger partial charge in [-0.25, -0.2) is 8.42 Å². The first-order valence-electron chi connectivity index (χ1n) is 9.20. The van der Waals surface area contributed by atoms with Crippen molar-refractivity contribution in [1.29, 1.82) is 0 Å². The molecule has 1 aliphatic heterocycles. The summed E-state index contributed by atoms with van der Waals surface area (Å²) in [5.74, 6) is 0.747. The normalized spacial score (nSPS) is 19.6. The maximum Gasteiger partial charge on any atom is 0.153 e. The average molecular weight is 424 g/mol. The van der Waals surface area contributed by atoms with Crippen LogP contribution in [0.25, 0.3) is 0 Å². The number of carbonyl (C=O) groups excluding carboxylic acids is 1. The second kappa shape index (κ2) is 9.17. The van der Waals surface area contributed by atoms with Crippen LogP contribution in [0.3, 0.4) is 0 Å². The molecule has 0 bridgehead atoms. The molecule has 0 amide bonds. The molecule has 0 aliphatic carbocycles. The van der Waals surface area contributed by atoms with Crippen LogP contribution in [-0.4, -0.2) is 61.5 Å². The summed E-state index contributed by atoms with van der Waals surface area (Å²) < 4.78 is 29.5. The zero-order chi connectivity index (χ0) is 20.1. The summed E-state index contributed by atoms with van der Waals surface area (Å²) in [6.07, 6.45) is 0.494. The van der Waals surface area contributed by atoms with Gasteiger partial charge in [0.1, 0.15) is 18.5 Å². The number of benzene rings is 1. The van der Waals surface area contributed by atoms with E-state index in [9.17, 15) is 18.3 Å². The molecule has 1 aliphatic rings. The number of aliphatic hydroxyl groups is 1. The molecule has 2 atom stereocenters. The van der Waals surface area contributed by atoms with E-state index in [1.54, 1.807) is 35.6 Å². The highest BCUT2D eigenvalue weighted by Crippen LogP contribution is 2.24. The molecule has 152 valence electrons. The van der Waals surface area contributed by atoms with E-state index >= 15 is 0 Å². The third-order valence-electron chi connectivity index (χ3n) is 4.96. The molecule has 3 rings (SSSR count). The molecule has 6 nitrogen and oxygen atoms in total. The van der Waals surface area contributed by atoms with Gasteiger partial charge in [-0.3, -0.25) is 9.69 Å². The largest absolute Gasteiger partial charge is 0.490 e. The second-order valence-corrected chi connectivity index (χ2v) is 10.4. The topological polar surface area (TPSA) is 83.9 Å². The Hall–Kier alpha value is -1.74. The van der Waals surface area contributed by atoms with Crippen LogP contribution >= 0.6 is 11.3 Å². The number of aryl methyl sites for hydroxylation is 1. The molecule has 0 spiro atoms. The van der Waals surface area contributed by atoms with Gasteiger partial charge in [0.25, 0.3) is 0 Å². The van der Waals surface area contributed by atoms with E-state index < -0.39 is 15.9 Å². The minimum atomic E-state index is -3.02. The van der Waals surface area contributed by atoms with Crippen molar-refractivity contribution in [1.82, 2.24) is 4.90 Å². The van der Waals surface area contributed by atoms with Gasteiger partial charge in [0.05, 0.1) is 17.1 Å². The summed E-state index contributed by atoms with van der Waals surface area (Å²) >= 11 is 1.64. The predicted octanol–water partition coefficient (Wildman–Crippen LogP) is 2.30. The van der Waals surface area contributed by atoms with Crippen LogP contribution in [0, 0.1) is 6.92 Å². The number of hydrogen-bond donors (Lipinski definition) is 1. The van der Waals surface area contributed by atoms with Gasteiger partial charge >= 0.3 is 0 Å². The molecular formula is C20H25NO5S2. The number of rotatable bonds is 9. The highest BCUT2D eigenvalue weighted by Gasteiger charge is 2.33. The molecule has 1 fully saturated rings. The number of thiophene rings is 1. The van der Waals surface area contributed by atoms with E-state index in [0.29, 0.717) is 30.8 Å². The van der Waals surface area contributed by atoms with Crippen molar-refractivity contribution in [3.8, 4) is 5.75 Å². The van der Waals surface area contributed by atoms with E-state index in [1.807, 2.05) is 23.3 Å². The van der Waals surface area contributed by atoms with Crippen molar-refractivity contribution < 1.29 is 23.1 Å². The van der Waals surface area contributed by atoms with E-state index in [1.165, 1.54) is 10.4 Å².